The quantitative estimate of drug-likeness (QED) is 0.821. The van der Waals surface area contributed by atoms with E-state index < -0.39 is 10.0 Å². The number of rotatable bonds is 7. The summed E-state index contributed by atoms with van der Waals surface area (Å²) in [5.74, 6) is 0.551. The first-order valence-electron chi connectivity index (χ1n) is 8.63. The second kappa shape index (κ2) is 7.68. The van der Waals surface area contributed by atoms with Gasteiger partial charge in [0.05, 0.1) is 12.4 Å². The van der Waals surface area contributed by atoms with Crippen molar-refractivity contribution in [2.45, 2.75) is 37.9 Å². The molecule has 1 saturated heterocycles. The van der Waals surface area contributed by atoms with Gasteiger partial charge in [-0.3, -0.25) is 0 Å². The lowest BCUT2D eigenvalue weighted by molar-refractivity contribution is 0.0917. The molecule has 1 aliphatic rings. The molecule has 0 saturated carbocycles. The molecule has 136 valence electrons. The predicted molar refractivity (Wildman–Crippen MR) is 95.5 cm³/mol. The van der Waals surface area contributed by atoms with Crippen molar-refractivity contribution in [1.29, 1.82) is 0 Å². The molecule has 0 aliphatic carbocycles. The molecule has 0 bridgehead atoms. The summed E-state index contributed by atoms with van der Waals surface area (Å²) in [7, 11) is -3.61. The van der Waals surface area contributed by atoms with Gasteiger partial charge < -0.3 is 9.30 Å². The van der Waals surface area contributed by atoms with Crippen molar-refractivity contribution < 1.29 is 13.2 Å². The SMILES string of the molecule is CC(C)Cn1cnc(S(=O)(=O)NC[C@@H]2CCO[C@H]2c2ccccc2)c1. The smallest absolute Gasteiger partial charge is 0.259 e. The summed E-state index contributed by atoms with van der Waals surface area (Å²) in [6.07, 6.45) is 3.92. The van der Waals surface area contributed by atoms with E-state index in [1.165, 1.54) is 0 Å². The molecular weight excluding hydrogens is 338 g/mol. The third-order valence-electron chi connectivity index (χ3n) is 4.34. The first-order chi connectivity index (χ1) is 12.0. The molecule has 3 rings (SSSR count). The Morgan fingerprint density at radius 3 is 2.80 bits per heavy atom. The summed E-state index contributed by atoms with van der Waals surface area (Å²) < 4.78 is 35.3. The second-order valence-corrected chi connectivity index (χ2v) is 8.62. The monoisotopic (exact) mass is 363 g/mol. The van der Waals surface area contributed by atoms with E-state index in [1.807, 2.05) is 34.9 Å². The molecule has 2 aromatic rings. The molecule has 1 aliphatic heterocycles. The molecule has 1 aromatic heterocycles. The van der Waals surface area contributed by atoms with Gasteiger partial charge in [0.15, 0.2) is 5.03 Å². The van der Waals surface area contributed by atoms with Crippen LogP contribution in [0.3, 0.4) is 0 Å². The molecule has 0 unspecified atom stereocenters. The lowest BCUT2D eigenvalue weighted by atomic mass is 9.96. The highest BCUT2D eigenvalue weighted by Gasteiger charge is 2.31. The Hall–Kier alpha value is -1.70. The molecule has 0 amide bonds. The van der Waals surface area contributed by atoms with E-state index in [-0.39, 0.29) is 17.0 Å². The topological polar surface area (TPSA) is 73.2 Å². The minimum atomic E-state index is -3.61. The maximum Gasteiger partial charge on any atom is 0.259 e. The van der Waals surface area contributed by atoms with E-state index in [0.717, 1.165) is 18.5 Å². The maximum atomic E-state index is 12.5. The van der Waals surface area contributed by atoms with Gasteiger partial charge in [-0.15, -0.1) is 0 Å². The standard InChI is InChI=1S/C18H25N3O3S/c1-14(2)11-21-12-17(19-13-21)25(22,23)20-10-16-8-9-24-18(16)15-6-4-3-5-7-15/h3-7,12-14,16,18,20H,8-11H2,1-2H3/t16-,18-/m0/s1. The number of nitrogens with one attached hydrogen (secondary N) is 1. The van der Waals surface area contributed by atoms with E-state index in [2.05, 4.69) is 23.6 Å². The van der Waals surface area contributed by atoms with Gasteiger partial charge >= 0.3 is 0 Å². The summed E-state index contributed by atoms with van der Waals surface area (Å²) in [5, 5.41) is 0.0725. The van der Waals surface area contributed by atoms with Crippen LogP contribution in [0.25, 0.3) is 0 Å². The fraction of sp³-hybridized carbons (Fsp3) is 0.500. The molecule has 1 N–H and O–H groups in total. The van der Waals surface area contributed by atoms with Crippen molar-refractivity contribution >= 4 is 10.0 Å². The van der Waals surface area contributed by atoms with E-state index in [1.54, 1.807) is 12.5 Å². The van der Waals surface area contributed by atoms with Gasteiger partial charge in [0.25, 0.3) is 10.0 Å². The predicted octanol–water partition coefficient (Wildman–Crippen LogP) is 2.60. The van der Waals surface area contributed by atoms with Gasteiger partial charge in [-0.25, -0.2) is 18.1 Å². The molecule has 1 fully saturated rings. The minimum Gasteiger partial charge on any atom is -0.373 e. The van der Waals surface area contributed by atoms with Crippen LogP contribution in [0.5, 0.6) is 0 Å². The Balaban J connectivity index is 1.64. The van der Waals surface area contributed by atoms with Crippen molar-refractivity contribution in [2.24, 2.45) is 11.8 Å². The molecule has 6 nitrogen and oxygen atoms in total. The van der Waals surface area contributed by atoms with Gasteiger partial charge in [-0.1, -0.05) is 44.2 Å². The average Bonchev–Trinajstić information content (AvgIpc) is 3.23. The fourth-order valence-electron chi connectivity index (χ4n) is 3.14. The van der Waals surface area contributed by atoms with Crippen molar-refractivity contribution in [2.75, 3.05) is 13.2 Å². The Kier molecular flexibility index (Phi) is 5.56. The van der Waals surface area contributed by atoms with E-state index in [0.29, 0.717) is 19.1 Å². The summed E-state index contributed by atoms with van der Waals surface area (Å²) in [5.41, 5.74) is 1.09. The Morgan fingerprint density at radius 2 is 2.08 bits per heavy atom. The number of hydrogen-bond donors (Lipinski definition) is 1. The van der Waals surface area contributed by atoms with Gasteiger partial charge in [-0.05, 0) is 17.9 Å². The zero-order chi connectivity index (χ0) is 17.9. The van der Waals surface area contributed by atoms with E-state index in [9.17, 15) is 8.42 Å². The van der Waals surface area contributed by atoms with Crippen LogP contribution >= 0.6 is 0 Å². The highest BCUT2D eigenvalue weighted by atomic mass is 32.2. The number of sulfonamides is 1. The second-order valence-electron chi connectivity index (χ2n) is 6.91. The summed E-state index contributed by atoms with van der Waals surface area (Å²) in [4.78, 5) is 4.04. The number of nitrogens with zero attached hydrogens (tertiary/aromatic N) is 2. The zero-order valence-electron chi connectivity index (χ0n) is 14.6. The molecule has 0 spiro atoms. The zero-order valence-corrected chi connectivity index (χ0v) is 15.4. The number of imidazole rings is 1. The highest BCUT2D eigenvalue weighted by molar-refractivity contribution is 7.89. The number of benzene rings is 1. The molecule has 2 heterocycles. The van der Waals surface area contributed by atoms with Crippen LogP contribution in [-0.2, 0) is 21.3 Å². The van der Waals surface area contributed by atoms with Crippen LogP contribution in [0.1, 0.15) is 31.9 Å². The van der Waals surface area contributed by atoms with Gasteiger partial charge in [0.1, 0.15) is 0 Å². The van der Waals surface area contributed by atoms with Gasteiger partial charge in [0.2, 0.25) is 0 Å². The molecule has 1 aromatic carbocycles. The van der Waals surface area contributed by atoms with Crippen LogP contribution in [0, 0.1) is 11.8 Å². The normalized spacial score (nSPS) is 21.1. The number of hydrogen-bond acceptors (Lipinski definition) is 4. The lowest BCUT2D eigenvalue weighted by Gasteiger charge is -2.19. The van der Waals surface area contributed by atoms with E-state index >= 15 is 0 Å². The maximum absolute atomic E-state index is 12.5. The highest BCUT2D eigenvalue weighted by Crippen LogP contribution is 2.34. The Bertz CT molecular complexity index is 787. The van der Waals surface area contributed by atoms with Gasteiger partial charge in [-0.2, -0.15) is 0 Å². The fourth-order valence-corrected chi connectivity index (χ4v) is 4.19. The van der Waals surface area contributed by atoms with Crippen LogP contribution in [0.4, 0.5) is 0 Å². The van der Waals surface area contributed by atoms with Crippen LogP contribution < -0.4 is 4.72 Å². The first-order valence-corrected chi connectivity index (χ1v) is 10.1. The molecule has 0 radical (unpaired) electrons. The summed E-state index contributed by atoms with van der Waals surface area (Å²) in [6, 6.07) is 9.94. The van der Waals surface area contributed by atoms with Crippen LogP contribution in [-0.4, -0.2) is 31.1 Å². The van der Waals surface area contributed by atoms with Crippen molar-refractivity contribution in [3.63, 3.8) is 0 Å². The first kappa shape index (κ1) is 18.1. The van der Waals surface area contributed by atoms with Crippen LogP contribution in [0.2, 0.25) is 0 Å². The summed E-state index contributed by atoms with van der Waals surface area (Å²) >= 11 is 0. The van der Waals surface area contributed by atoms with Crippen molar-refractivity contribution in [3.05, 3.63) is 48.4 Å². The van der Waals surface area contributed by atoms with E-state index in [4.69, 9.17) is 4.74 Å². The molecular formula is C18H25N3O3S. The number of ether oxygens (including phenoxy) is 1. The minimum absolute atomic E-state index is 0.0672. The van der Waals surface area contributed by atoms with Gasteiger partial charge in [0, 0.05) is 31.8 Å². The Labute approximate surface area is 149 Å². The van der Waals surface area contributed by atoms with Crippen LogP contribution in [0.15, 0.2) is 47.9 Å². The Morgan fingerprint density at radius 1 is 1.32 bits per heavy atom. The average molecular weight is 363 g/mol. The van der Waals surface area contributed by atoms with Crippen molar-refractivity contribution in [1.82, 2.24) is 14.3 Å². The lowest BCUT2D eigenvalue weighted by Crippen LogP contribution is -2.30. The summed E-state index contributed by atoms with van der Waals surface area (Å²) in [6.45, 7) is 5.90. The molecule has 2 atom stereocenters. The third-order valence-corrected chi connectivity index (χ3v) is 5.65. The largest absolute Gasteiger partial charge is 0.373 e. The third kappa shape index (κ3) is 4.48. The molecule has 7 heteroatoms. The van der Waals surface area contributed by atoms with Crippen molar-refractivity contribution in [3.8, 4) is 0 Å². The molecule has 25 heavy (non-hydrogen) atoms. The number of aromatic nitrogens is 2.